The molecule has 0 saturated carbocycles. The molecule has 21 heavy (non-hydrogen) atoms. The van der Waals surface area contributed by atoms with Crippen molar-refractivity contribution in [2.45, 2.75) is 32.2 Å². The Morgan fingerprint density at radius 2 is 2.33 bits per heavy atom. The van der Waals surface area contributed by atoms with Gasteiger partial charge in [0.25, 0.3) is 5.69 Å². The lowest BCUT2D eigenvalue weighted by Gasteiger charge is -2.23. The van der Waals surface area contributed by atoms with Crippen LogP contribution in [0.1, 0.15) is 26.7 Å². The second-order valence-corrected chi connectivity index (χ2v) is 5.19. The fourth-order valence-electron chi connectivity index (χ4n) is 2.37. The summed E-state index contributed by atoms with van der Waals surface area (Å²) in [6.07, 6.45) is 1.62. The maximum Gasteiger partial charge on any atom is 0.296 e. The Labute approximate surface area is 122 Å². The Bertz CT molecular complexity index is 553. The highest BCUT2D eigenvalue weighted by atomic mass is 16.6. The fraction of sp³-hybridized carbons (Fsp3) is 0.500. The summed E-state index contributed by atoms with van der Waals surface area (Å²) < 4.78 is 5.25. The van der Waals surface area contributed by atoms with Crippen molar-refractivity contribution < 1.29 is 14.5 Å². The largest absolute Gasteiger partial charge is 0.494 e. The third kappa shape index (κ3) is 3.30. The number of nitrogens with one attached hydrogen (secondary N) is 2. The molecule has 0 spiro atoms. The number of hydrogen-bond donors (Lipinski definition) is 2. The maximum absolute atomic E-state index is 12.3. The topological polar surface area (TPSA) is 93.5 Å². The normalized spacial score (nSPS) is 21.0. The van der Waals surface area contributed by atoms with E-state index in [4.69, 9.17) is 4.74 Å². The quantitative estimate of drug-likeness (QED) is 0.640. The standard InChI is InChI=1S/C14H19N3O4/c1-3-21-10-5-6-11(12(9-10)17(19)20)16-13(18)14(2)7-4-8-15-14/h5-6,9,15H,3-4,7-8H2,1-2H3,(H,16,18). The van der Waals surface area contributed by atoms with Crippen LogP contribution in [-0.2, 0) is 4.79 Å². The van der Waals surface area contributed by atoms with Crippen molar-refractivity contribution in [3.8, 4) is 5.75 Å². The Hall–Kier alpha value is -2.15. The van der Waals surface area contributed by atoms with Crippen molar-refractivity contribution in [3.63, 3.8) is 0 Å². The van der Waals surface area contributed by atoms with Gasteiger partial charge >= 0.3 is 0 Å². The summed E-state index contributed by atoms with van der Waals surface area (Å²) >= 11 is 0. The number of nitro groups is 1. The van der Waals surface area contributed by atoms with E-state index in [9.17, 15) is 14.9 Å². The SMILES string of the molecule is CCOc1ccc(NC(=O)C2(C)CCCN2)c([N+](=O)[O-])c1. The van der Waals surface area contributed by atoms with E-state index >= 15 is 0 Å². The predicted molar refractivity (Wildman–Crippen MR) is 78.5 cm³/mol. The highest BCUT2D eigenvalue weighted by molar-refractivity contribution is 5.99. The Balaban J connectivity index is 2.22. The molecule has 1 amide bonds. The van der Waals surface area contributed by atoms with Crippen LogP contribution in [0.5, 0.6) is 5.75 Å². The number of ether oxygens (including phenoxy) is 1. The molecule has 0 aromatic heterocycles. The van der Waals surface area contributed by atoms with Crippen LogP contribution in [0.3, 0.4) is 0 Å². The first-order valence-corrected chi connectivity index (χ1v) is 6.94. The van der Waals surface area contributed by atoms with Crippen LogP contribution in [0, 0.1) is 10.1 Å². The number of amides is 1. The summed E-state index contributed by atoms with van der Waals surface area (Å²) in [6.45, 7) is 4.80. The minimum Gasteiger partial charge on any atom is -0.494 e. The second kappa shape index (κ2) is 6.09. The van der Waals surface area contributed by atoms with Crippen LogP contribution in [0.4, 0.5) is 11.4 Å². The number of carbonyl (C=O) groups excluding carboxylic acids is 1. The highest BCUT2D eigenvalue weighted by Gasteiger charge is 2.36. The van der Waals surface area contributed by atoms with Gasteiger partial charge in [-0.15, -0.1) is 0 Å². The molecule has 1 aromatic rings. The van der Waals surface area contributed by atoms with E-state index in [-0.39, 0.29) is 17.3 Å². The van der Waals surface area contributed by atoms with Crippen LogP contribution < -0.4 is 15.4 Å². The van der Waals surface area contributed by atoms with Crippen LogP contribution in [0.15, 0.2) is 18.2 Å². The molecule has 1 aromatic carbocycles. The molecule has 1 fully saturated rings. The summed E-state index contributed by atoms with van der Waals surface area (Å²) in [5, 5.41) is 16.9. The zero-order valence-electron chi connectivity index (χ0n) is 12.1. The first kappa shape index (κ1) is 15.2. The molecule has 1 heterocycles. The van der Waals surface area contributed by atoms with Gasteiger partial charge in [0.15, 0.2) is 0 Å². The first-order valence-electron chi connectivity index (χ1n) is 6.94. The Morgan fingerprint density at radius 3 is 2.90 bits per heavy atom. The average molecular weight is 293 g/mol. The molecule has 2 N–H and O–H groups in total. The zero-order valence-corrected chi connectivity index (χ0v) is 12.1. The lowest BCUT2D eigenvalue weighted by atomic mass is 9.99. The van der Waals surface area contributed by atoms with E-state index in [2.05, 4.69) is 10.6 Å². The van der Waals surface area contributed by atoms with Crippen LogP contribution in [0.2, 0.25) is 0 Å². The number of benzene rings is 1. The van der Waals surface area contributed by atoms with Gasteiger partial charge in [0.1, 0.15) is 11.4 Å². The minimum absolute atomic E-state index is 0.170. The number of carbonyl (C=O) groups is 1. The van der Waals surface area contributed by atoms with E-state index in [0.29, 0.717) is 18.8 Å². The zero-order chi connectivity index (χ0) is 15.5. The molecule has 0 radical (unpaired) electrons. The number of hydrogen-bond acceptors (Lipinski definition) is 5. The summed E-state index contributed by atoms with van der Waals surface area (Å²) in [6, 6.07) is 4.43. The molecule has 1 saturated heterocycles. The molecular formula is C14H19N3O4. The van der Waals surface area contributed by atoms with E-state index < -0.39 is 10.5 Å². The highest BCUT2D eigenvalue weighted by Crippen LogP contribution is 2.30. The van der Waals surface area contributed by atoms with E-state index in [0.717, 1.165) is 13.0 Å². The molecule has 1 aliphatic heterocycles. The van der Waals surface area contributed by atoms with Crippen molar-refractivity contribution in [1.29, 1.82) is 0 Å². The Kier molecular flexibility index (Phi) is 4.42. The second-order valence-electron chi connectivity index (χ2n) is 5.19. The van der Waals surface area contributed by atoms with E-state index in [1.54, 1.807) is 19.9 Å². The number of anilines is 1. The summed E-state index contributed by atoms with van der Waals surface area (Å²) in [7, 11) is 0. The molecule has 1 aliphatic rings. The fourth-order valence-corrected chi connectivity index (χ4v) is 2.37. The van der Waals surface area contributed by atoms with Gasteiger partial charge < -0.3 is 15.4 Å². The van der Waals surface area contributed by atoms with Gasteiger partial charge in [0.2, 0.25) is 5.91 Å². The molecule has 0 aliphatic carbocycles. The maximum atomic E-state index is 12.3. The van der Waals surface area contributed by atoms with Crippen LogP contribution >= 0.6 is 0 Å². The van der Waals surface area contributed by atoms with Crippen molar-refractivity contribution in [3.05, 3.63) is 28.3 Å². The molecule has 7 nitrogen and oxygen atoms in total. The van der Waals surface area contributed by atoms with Gasteiger partial charge in [0, 0.05) is 0 Å². The summed E-state index contributed by atoms with van der Waals surface area (Å²) in [5.74, 6) is 0.152. The van der Waals surface area contributed by atoms with Crippen molar-refractivity contribution in [2.24, 2.45) is 0 Å². The average Bonchev–Trinajstić information content (AvgIpc) is 2.89. The summed E-state index contributed by atoms with van der Waals surface area (Å²) in [5.41, 5.74) is -0.661. The number of rotatable bonds is 5. The molecular weight excluding hydrogens is 274 g/mol. The van der Waals surface area contributed by atoms with Crippen molar-refractivity contribution in [1.82, 2.24) is 5.32 Å². The van der Waals surface area contributed by atoms with Gasteiger partial charge in [-0.25, -0.2) is 0 Å². The van der Waals surface area contributed by atoms with Gasteiger partial charge in [-0.05, 0) is 45.4 Å². The van der Waals surface area contributed by atoms with Gasteiger partial charge in [-0.2, -0.15) is 0 Å². The van der Waals surface area contributed by atoms with Gasteiger partial charge in [-0.3, -0.25) is 14.9 Å². The third-order valence-electron chi connectivity index (χ3n) is 3.59. The smallest absolute Gasteiger partial charge is 0.296 e. The molecule has 2 rings (SSSR count). The van der Waals surface area contributed by atoms with E-state index in [1.807, 2.05) is 0 Å². The van der Waals surface area contributed by atoms with Crippen LogP contribution in [0.25, 0.3) is 0 Å². The Morgan fingerprint density at radius 1 is 1.57 bits per heavy atom. The van der Waals surface area contributed by atoms with Crippen molar-refractivity contribution >= 4 is 17.3 Å². The number of nitro benzene ring substituents is 1. The molecule has 1 unspecified atom stereocenters. The minimum atomic E-state index is -0.674. The van der Waals surface area contributed by atoms with Gasteiger partial charge in [0.05, 0.1) is 23.1 Å². The number of nitrogens with zero attached hydrogens (tertiary/aromatic N) is 1. The van der Waals surface area contributed by atoms with Crippen molar-refractivity contribution in [2.75, 3.05) is 18.5 Å². The monoisotopic (exact) mass is 293 g/mol. The first-order chi connectivity index (χ1) is 9.96. The van der Waals surface area contributed by atoms with Crippen LogP contribution in [-0.4, -0.2) is 29.5 Å². The van der Waals surface area contributed by atoms with Gasteiger partial charge in [-0.1, -0.05) is 0 Å². The predicted octanol–water partition coefficient (Wildman–Crippen LogP) is 2.07. The lowest BCUT2D eigenvalue weighted by molar-refractivity contribution is -0.384. The third-order valence-corrected chi connectivity index (χ3v) is 3.59. The molecule has 0 bridgehead atoms. The van der Waals surface area contributed by atoms with E-state index in [1.165, 1.54) is 12.1 Å². The molecule has 114 valence electrons. The summed E-state index contributed by atoms with van der Waals surface area (Å²) in [4.78, 5) is 22.9. The molecule has 7 heteroatoms. The lowest BCUT2D eigenvalue weighted by Crippen LogP contribution is -2.48. The molecule has 1 atom stereocenters.